The number of aryl methyl sites for hydroxylation is 1. The predicted octanol–water partition coefficient (Wildman–Crippen LogP) is 2.28. The lowest BCUT2D eigenvalue weighted by Crippen LogP contribution is -2.48. The highest BCUT2D eigenvalue weighted by molar-refractivity contribution is 6.35. The lowest BCUT2D eigenvalue weighted by molar-refractivity contribution is -0.138. The first-order valence-electron chi connectivity index (χ1n) is 10.9. The van der Waals surface area contributed by atoms with Gasteiger partial charge in [-0.3, -0.25) is 19.5 Å². The van der Waals surface area contributed by atoms with E-state index in [4.69, 9.17) is 0 Å². The Morgan fingerprint density at radius 3 is 2.18 bits per heavy atom. The van der Waals surface area contributed by atoms with Crippen molar-refractivity contribution in [3.05, 3.63) is 89.6 Å². The Balaban J connectivity index is 1.45. The number of rotatable bonds is 5. The molecule has 33 heavy (non-hydrogen) atoms. The average Bonchev–Trinajstić information content (AvgIpc) is 3.11. The lowest BCUT2D eigenvalue weighted by atomic mass is 10.0. The van der Waals surface area contributed by atoms with Crippen molar-refractivity contribution in [1.29, 1.82) is 0 Å². The minimum Gasteiger partial charge on any atom is -0.363 e. The van der Waals surface area contributed by atoms with Gasteiger partial charge >= 0.3 is 0 Å². The highest BCUT2D eigenvalue weighted by Gasteiger charge is 2.42. The van der Waals surface area contributed by atoms with Crippen LogP contribution in [-0.2, 0) is 16.1 Å². The van der Waals surface area contributed by atoms with Crippen LogP contribution in [-0.4, -0.2) is 62.7 Å². The fraction of sp³-hybridized carbons (Fsp3) is 0.240. The fourth-order valence-electron chi connectivity index (χ4n) is 4.24. The first-order valence-corrected chi connectivity index (χ1v) is 10.9. The molecular weight excluding hydrogens is 416 g/mol. The summed E-state index contributed by atoms with van der Waals surface area (Å²) in [5.74, 6) is 0.150. The minimum absolute atomic E-state index is 0.197. The molecule has 2 aliphatic rings. The number of amides is 2. The average molecular weight is 441 g/mol. The van der Waals surface area contributed by atoms with E-state index in [2.05, 4.69) is 19.9 Å². The quantitative estimate of drug-likeness (QED) is 0.563. The summed E-state index contributed by atoms with van der Waals surface area (Å²) in [5.41, 5.74) is 3.61. The molecule has 0 N–H and O–H groups in total. The van der Waals surface area contributed by atoms with Crippen LogP contribution in [0.25, 0.3) is 5.57 Å². The molecule has 1 saturated heterocycles. The van der Waals surface area contributed by atoms with Crippen LogP contribution < -0.4 is 4.90 Å². The molecule has 3 aromatic rings. The normalized spacial score (nSPS) is 16.7. The third-order valence-electron chi connectivity index (χ3n) is 5.98. The molecule has 1 aromatic carbocycles. The molecule has 2 aromatic heterocycles. The van der Waals surface area contributed by atoms with Gasteiger partial charge in [0.25, 0.3) is 11.8 Å². The fourth-order valence-corrected chi connectivity index (χ4v) is 4.24. The standard InChI is InChI=1S/C25H24N6O2/c1-18-5-7-20(8-6-18)21-22(24(33)31(23(21)32)17-19-4-2-9-26-16-19)29-12-14-30(15-13-29)25-27-10-3-11-28-25/h2-11,16H,12-15,17H2,1H3. The van der Waals surface area contributed by atoms with Gasteiger partial charge in [-0.25, -0.2) is 9.97 Å². The molecule has 166 valence electrons. The lowest BCUT2D eigenvalue weighted by Gasteiger charge is -2.36. The van der Waals surface area contributed by atoms with E-state index in [0.717, 1.165) is 16.7 Å². The zero-order chi connectivity index (χ0) is 22.8. The first kappa shape index (κ1) is 20.8. The number of hydrogen-bond donors (Lipinski definition) is 0. The van der Waals surface area contributed by atoms with Gasteiger partial charge in [-0.15, -0.1) is 0 Å². The molecule has 5 rings (SSSR count). The topological polar surface area (TPSA) is 82.5 Å². The molecular formula is C25H24N6O2. The Morgan fingerprint density at radius 1 is 0.818 bits per heavy atom. The Morgan fingerprint density at radius 2 is 1.52 bits per heavy atom. The van der Waals surface area contributed by atoms with Crippen molar-refractivity contribution in [2.75, 3.05) is 31.1 Å². The molecule has 8 nitrogen and oxygen atoms in total. The molecule has 0 atom stereocenters. The van der Waals surface area contributed by atoms with Crippen molar-refractivity contribution in [3.8, 4) is 0 Å². The summed E-state index contributed by atoms with van der Waals surface area (Å²) in [7, 11) is 0. The molecule has 2 aliphatic heterocycles. The van der Waals surface area contributed by atoms with Crippen molar-refractivity contribution in [1.82, 2.24) is 24.8 Å². The van der Waals surface area contributed by atoms with E-state index in [-0.39, 0.29) is 18.4 Å². The summed E-state index contributed by atoms with van der Waals surface area (Å²) in [4.78, 5) is 45.3. The molecule has 0 saturated carbocycles. The molecule has 2 amide bonds. The highest BCUT2D eigenvalue weighted by Crippen LogP contribution is 2.33. The van der Waals surface area contributed by atoms with E-state index in [1.54, 1.807) is 36.9 Å². The van der Waals surface area contributed by atoms with Crippen molar-refractivity contribution >= 4 is 23.3 Å². The number of aromatic nitrogens is 3. The second-order valence-electron chi connectivity index (χ2n) is 8.17. The number of benzene rings is 1. The highest BCUT2D eigenvalue weighted by atomic mass is 16.2. The maximum Gasteiger partial charge on any atom is 0.278 e. The number of imide groups is 1. The van der Waals surface area contributed by atoms with Crippen molar-refractivity contribution in [2.45, 2.75) is 13.5 Å². The summed E-state index contributed by atoms with van der Waals surface area (Å²) in [6.07, 6.45) is 6.81. The Bertz CT molecular complexity index is 1190. The van der Waals surface area contributed by atoms with Gasteiger partial charge in [-0.2, -0.15) is 0 Å². The first-order chi connectivity index (χ1) is 16.1. The van der Waals surface area contributed by atoms with E-state index in [1.165, 1.54) is 4.90 Å². The van der Waals surface area contributed by atoms with Crippen molar-refractivity contribution in [3.63, 3.8) is 0 Å². The van der Waals surface area contributed by atoms with Crippen molar-refractivity contribution in [2.24, 2.45) is 0 Å². The second-order valence-corrected chi connectivity index (χ2v) is 8.17. The Kier molecular flexibility index (Phi) is 5.56. The molecule has 8 heteroatoms. The molecule has 0 unspecified atom stereocenters. The van der Waals surface area contributed by atoms with Gasteiger partial charge in [-0.05, 0) is 30.2 Å². The molecule has 0 radical (unpaired) electrons. The van der Waals surface area contributed by atoms with Gasteiger partial charge < -0.3 is 9.80 Å². The molecule has 0 spiro atoms. The second kappa shape index (κ2) is 8.82. The monoisotopic (exact) mass is 440 g/mol. The van der Waals surface area contributed by atoms with E-state index in [9.17, 15) is 9.59 Å². The van der Waals surface area contributed by atoms with E-state index in [0.29, 0.717) is 43.4 Å². The van der Waals surface area contributed by atoms with E-state index in [1.807, 2.05) is 42.2 Å². The number of anilines is 1. The van der Waals surface area contributed by atoms with Crippen LogP contribution in [0.1, 0.15) is 16.7 Å². The third-order valence-corrected chi connectivity index (χ3v) is 5.98. The van der Waals surface area contributed by atoms with Gasteiger partial charge in [0.1, 0.15) is 5.70 Å². The van der Waals surface area contributed by atoms with Crippen LogP contribution in [0.3, 0.4) is 0 Å². The Hall–Kier alpha value is -4.07. The molecule has 0 aliphatic carbocycles. The van der Waals surface area contributed by atoms with Crippen LogP contribution in [0, 0.1) is 6.92 Å². The molecule has 4 heterocycles. The van der Waals surface area contributed by atoms with Gasteiger partial charge in [0.05, 0.1) is 12.1 Å². The van der Waals surface area contributed by atoms with Crippen molar-refractivity contribution < 1.29 is 9.59 Å². The van der Waals surface area contributed by atoms with Crippen LogP contribution in [0.2, 0.25) is 0 Å². The summed E-state index contributed by atoms with van der Waals surface area (Å²) in [5, 5.41) is 0. The zero-order valence-corrected chi connectivity index (χ0v) is 18.4. The smallest absolute Gasteiger partial charge is 0.278 e. The minimum atomic E-state index is -0.267. The third kappa shape index (κ3) is 4.07. The summed E-state index contributed by atoms with van der Waals surface area (Å²) in [6, 6.07) is 13.2. The summed E-state index contributed by atoms with van der Waals surface area (Å²) in [6.45, 7) is 4.73. The van der Waals surface area contributed by atoms with Gasteiger partial charge in [0.15, 0.2) is 0 Å². The van der Waals surface area contributed by atoms with Crippen LogP contribution >= 0.6 is 0 Å². The van der Waals surface area contributed by atoms with Gasteiger partial charge in [0.2, 0.25) is 5.95 Å². The predicted molar refractivity (Wildman–Crippen MR) is 124 cm³/mol. The molecule has 1 fully saturated rings. The Labute approximate surface area is 192 Å². The largest absolute Gasteiger partial charge is 0.363 e. The van der Waals surface area contributed by atoms with Crippen LogP contribution in [0.15, 0.2) is 72.9 Å². The number of nitrogens with zero attached hydrogens (tertiary/aromatic N) is 6. The van der Waals surface area contributed by atoms with Crippen LogP contribution in [0.5, 0.6) is 0 Å². The number of pyridine rings is 1. The number of hydrogen-bond acceptors (Lipinski definition) is 7. The van der Waals surface area contributed by atoms with Gasteiger partial charge in [0, 0.05) is 51.0 Å². The summed E-state index contributed by atoms with van der Waals surface area (Å²) < 4.78 is 0. The zero-order valence-electron chi connectivity index (χ0n) is 18.4. The summed E-state index contributed by atoms with van der Waals surface area (Å²) >= 11 is 0. The number of carbonyl (C=O) groups is 2. The molecule has 0 bridgehead atoms. The maximum absolute atomic E-state index is 13.6. The van der Waals surface area contributed by atoms with E-state index >= 15 is 0 Å². The SMILES string of the molecule is Cc1ccc(C2=C(N3CCN(c4ncccn4)CC3)C(=O)N(Cc3cccnc3)C2=O)cc1. The van der Waals surface area contributed by atoms with Crippen LogP contribution in [0.4, 0.5) is 5.95 Å². The van der Waals surface area contributed by atoms with Gasteiger partial charge in [-0.1, -0.05) is 35.9 Å². The van der Waals surface area contributed by atoms with E-state index < -0.39 is 0 Å². The maximum atomic E-state index is 13.6. The number of piperazine rings is 1. The number of carbonyl (C=O) groups excluding carboxylic acids is 2.